The van der Waals surface area contributed by atoms with Gasteiger partial charge in [-0.15, -0.1) is 0 Å². The smallest absolute Gasteiger partial charge is 0.119 e. The Kier molecular flexibility index (Phi) is 4.49. The van der Waals surface area contributed by atoms with Crippen LogP contribution in [0.15, 0.2) is 77.4 Å². The molecule has 0 bridgehead atoms. The number of hydrogen-bond donors (Lipinski definition) is 0. The second-order valence-corrected chi connectivity index (χ2v) is 8.00. The first-order valence-electron chi connectivity index (χ1n) is 9.01. The number of aromatic nitrogens is 3. The summed E-state index contributed by atoms with van der Waals surface area (Å²) >= 11 is 9.67. The first-order valence-corrected chi connectivity index (χ1v) is 10.2. The molecular weight excluding hydrogens is 450 g/mol. The first-order chi connectivity index (χ1) is 14.1. The zero-order valence-corrected chi connectivity index (χ0v) is 17.8. The van der Waals surface area contributed by atoms with E-state index in [1.54, 1.807) is 7.11 Å². The minimum Gasteiger partial charge on any atom is -0.497 e. The van der Waals surface area contributed by atoms with Crippen molar-refractivity contribution >= 4 is 49.3 Å². The Morgan fingerprint density at radius 3 is 2.55 bits per heavy atom. The number of hydrogen-bond acceptors (Lipinski definition) is 3. The van der Waals surface area contributed by atoms with Gasteiger partial charge in [0.1, 0.15) is 11.4 Å². The summed E-state index contributed by atoms with van der Waals surface area (Å²) in [5, 5.41) is 7.61. The van der Waals surface area contributed by atoms with Crippen LogP contribution in [0.1, 0.15) is 0 Å². The van der Waals surface area contributed by atoms with Crippen LogP contribution in [-0.4, -0.2) is 21.9 Å². The van der Waals surface area contributed by atoms with E-state index in [-0.39, 0.29) is 0 Å². The van der Waals surface area contributed by atoms with E-state index in [0.717, 1.165) is 49.0 Å². The molecule has 0 atom stereocenters. The van der Waals surface area contributed by atoms with Crippen LogP contribution < -0.4 is 4.74 Å². The number of nitrogens with zero attached hydrogens (tertiary/aromatic N) is 3. The Morgan fingerprint density at radius 1 is 0.966 bits per heavy atom. The van der Waals surface area contributed by atoms with Gasteiger partial charge < -0.3 is 4.74 Å². The van der Waals surface area contributed by atoms with Crippen LogP contribution in [0, 0.1) is 0 Å². The fourth-order valence-corrected chi connectivity index (χ4v) is 4.03. The lowest BCUT2D eigenvalue weighted by Gasteiger charge is -2.07. The number of benzene rings is 3. The van der Waals surface area contributed by atoms with Gasteiger partial charge in [0, 0.05) is 32.0 Å². The van der Waals surface area contributed by atoms with Crippen molar-refractivity contribution in [1.29, 1.82) is 0 Å². The summed E-state index contributed by atoms with van der Waals surface area (Å²) in [6.45, 7) is 0. The van der Waals surface area contributed by atoms with Crippen molar-refractivity contribution in [1.82, 2.24) is 14.8 Å². The lowest BCUT2D eigenvalue weighted by atomic mass is 10.1. The molecule has 3 aromatic carbocycles. The molecule has 5 rings (SSSR count). The summed E-state index contributed by atoms with van der Waals surface area (Å²) in [7, 11) is 1.66. The SMILES string of the molecule is COc1ccc2ncc3c(-c4cccc(Br)c4)nn(-c4ccc(Cl)cc4)c3c2c1. The number of methoxy groups -OCH3 is 1. The van der Waals surface area contributed by atoms with E-state index in [2.05, 4.69) is 33.0 Å². The fraction of sp³-hybridized carbons (Fsp3) is 0.0435. The van der Waals surface area contributed by atoms with Crippen LogP contribution in [0.3, 0.4) is 0 Å². The third-order valence-corrected chi connectivity index (χ3v) is 5.63. The molecule has 29 heavy (non-hydrogen) atoms. The van der Waals surface area contributed by atoms with E-state index in [1.807, 2.05) is 65.5 Å². The Morgan fingerprint density at radius 2 is 1.79 bits per heavy atom. The van der Waals surface area contributed by atoms with Crippen molar-refractivity contribution < 1.29 is 4.74 Å². The molecule has 0 radical (unpaired) electrons. The van der Waals surface area contributed by atoms with Crippen molar-refractivity contribution in [3.8, 4) is 22.7 Å². The molecule has 0 amide bonds. The van der Waals surface area contributed by atoms with E-state index in [9.17, 15) is 0 Å². The quantitative estimate of drug-likeness (QED) is 0.299. The molecule has 0 fully saturated rings. The predicted octanol–water partition coefficient (Wildman–Crippen LogP) is 6.67. The molecule has 5 aromatic rings. The van der Waals surface area contributed by atoms with Gasteiger partial charge in [0.2, 0.25) is 0 Å². The predicted molar refractivity (Wildman–Crippen MR) is 121 cm³/mol. The molecule has 0 N–H and O–H groups in total. The molecule has 0 spiro atoms. The molecular formula is C23H15BrClN3O. The van der Waals surface area contributed by atoms with E-state index >= 15 is 0 Å². The second-order valence-electron chi connectivity index (χ2n) is 6.65. The van der Waals surface area contributed by atoms with Crippen LogP contribution in [0.2, 0.25) is 5.02 Å². The van der Waals surface area contributed by atoms with E-state index in [1.165, 1.54) is 0 Å². The highest BCUT2D eigenvalue weighted by Gasteiger charge is 2.17. The van der Waals surface area contributed by atoms with Crippen molar-refractivity contribution in [2.45, 2.75) is 0 Å². The highest BCUT2D eigenvalue weighted by molar-refractivity contribution is 9.10. The van der Waals surface area contributed by atoms with Crippen molar-refractivity contribution in [2.24, 2.45) is 0 Å². The van der Waals surface area contributed by atoms with Gasteiger partial charge >= 0.3 is 0 Å². The summed E-state index contributed by atoms with van der Waals surface area (Å²) in [4.78, 5) is 4.67. The topological polar surface area (TPSA) is 39.9 Å². The normalized spacial score (nSPS) is 11.3. The Hall–Kier alpha value is -2.89. The molecule has 0 aliphatic rings. The molecule has 0 saturated heterocycles. The van der Waals surface area contributed by atoms with Gasteiger partial charge in [0.05, 0.1) is 23.8 Å². The molecule has 0 aliphatic heterocycles. The van der Waals surface area contributed by atoms with Crippen LogP contribution in [0.25, 0.3) is 38.8 Å². The third kappa shape index (κ3) is 3.16. The molecule has 2 heterocycles. The fourth-order valence-electron chi connectivity index (χ4n) is 3.51. The maximum atomic E-state index is 6.11. The van der Waals surface area contributed by atoms with Gasteiger partial charge in [-0.25, -0.2) is 4.68 Å². The summed E-state index contributed by atoms with van der Waals surface area (Å²) in [5.74, 6) is 0.777. The number of fused-ring (bicyclic) bond motifs is 3. The standard InChI is InChI=1S/C23H15BrClN3O/c1-29-18-9-10-21-19(12-18)23-20(13-26-21)22(14-3-2-4-15(24)11-14)27-28(23)17-7-5-16(25)6-8-17/h2-13H,1H3. The maximum absolute atomic E-state index is 6.11. The second kappa shape index (κ2) is 7.17. The Balaban J connectivity index is 1.90. The van der Waals surface area contributed by atoms with Gasteiger partial charge in [0.15, 0.2) is 0 Å². The van der Waals surface area contributed by atoms with Crippen molar-refractivity contribution in [3.63, 3.8) is 0 Å². The molecule has 0 unspecified atom stereocenters. The number of pyridine rings is 1. The molecule has 142 valence electrons. The Bertz CT molecular complexity index is 1360. The third-order valence-electron chi connectivity index (χ3n) is 4.88. The van der Waals surface area contributed by atoms with Gasteiger partial charge in [-0.3, -0.25) is 4.98 Å². The summed E-state index contributed by atoms with van der Waals surface area (Å²) < 4.78 is 8.41. The van der Waals surface area contributed by atoms with E-state index < -0.39 is 0 Å². The minimum absolute atomic E-state index is 0.686. The van der Waals surface area contributed by atoms with Gasteiger partial charge in [-0.2, -0.15) is 5.10 Å². The highest BCUT2D eigenvalue weighted by Crippen LogP contribution is 2.35. The Labute approximate surface area is 180 Å². The van der Waals surface area contributed by atoms with Gasteiger partial charge in [0.25, 0.3) is 0 Å². The molecule has 0 aliphatic carbocycles. The lowest BCUT2D eigenvalue weighted by Crippen LogP contribution is -1.97. The zero-order valence-electron chi connectivity index (χ0n) is 15.4. The number of rotatable bonds is 3. The van der Waals surface area contributed by atoms with Crippen molar-refractivity contribution in [2.75, 3.05) is 7.11 Å². The number of halogens is 2. The van der Waals surface area contributed by atoms with E-state index in [4.69, 9.17) is 21.4 Å². The van der Waals surface area contributed by atoms with Gasteiger partial charge in [-0.1, -0.05) is 39.7 Å². The average Bonchev–Trinajstić information content (AvgIpc) is 3.14. The van der Waals surface area contributed by atoms with Crippen LogP contribution >= 0.6 is 27.5 Å². The van der Waals surface area contributed by atoms with Crippen molar-refractivity contribution in [3.05, 3.63) is 82.4 Å². The van der Waals surface area contributed by atoms with Crippen LogP contribution in [0.5, 0.6) is 5.75 Å². The molecule has 6 heteroatoms. The van der Waals surface area contributed by atoms with Crippen LogP contribution in [-0.2, 0) is 0 Å². The van der Waals surface area contributed by atoms with Gasteiger partial charge in [-0.05, 0) is 54.6 Å². The molecule has 0 saturated carbocycles. The van der Waals surface area contributed by atoms with E-state index in [0.29, 0.717) is 5.02 Å². The summed E-state index contributed by atoms with van der Waals surface area (Å²) in [6, 6.07) is 21.7. The highest BCUT2D eigenvalue weighted by atomic mass is 79.9. The van der Waals surface area contributed by atoms with Crippen LogP contribution in [0.4, 0.5) is 0 Å². The first kappa shape index (κ1) is 18.2. The number of ether oxygens (including phenoxy) is 1. The average molecular weight is 465 g/mol. The molecule has 2 aromatic heterocycles. The monoisotopic (exact) mass is 463 g/mol. The zero-order chi connectivity index (χ0) is 20.0. The maximum Gasteiger partial charge on any atom is 0.119 e. The summed E-state index contributed by atoms with van der Waals surface area (Å²) in [5.41, 5.74) is 4.67. The molecule has 4 nitrogen and oxygen atoms in total. The lowest BCUT2D eigenvalue weighted by molar-refractivity contribution is 0.415. The largest absolute Gasteiger partial charge is 0.497 e. The minimum atomic E-state index is 0.686. The summed E-state index contributed by atoms with van der Waals surface area (Å²) in [6.07, 6.45) is 1.89.